The van der Waals surface area contributed by atoms with Crippen molar-refractivity contribution in [2.75, 3.05) is 13.2 Å². The van der Waals surface area contributed by atoms with Gasteiger partial charge in [0, 0.05) is 18.0 Å². The zero-order chi connectivity index (χ0) is 12.6. The van der Waals surface area contributed by atoms with Crippen molar-refractivity contribution in [1.82, 2.24) is 5.32 Å². The summed E-state index contributed by atoms with van der Waals surface area (Å²) in [6.45, 7) is 6.28. The minimum atomic E-state index is 0.396. The number of benzene rings is 1. The van der Waals surface area contributed by atoms with Crippen LogP contribution in [0.5, 0.6) is 5.75 Å². The molecule has 1 N–H and O–H groups in total. The van der Waals surface area contributed by atoms with Crippen molar-refractivity contribution < 1.29 is 4.74 Å². The average Bonchev–Trinajstić information content (AvgIpc) is 3.26. The molecular weight excluding hydrogens is 222 g/mol. The van der Waals surface area contributed by atoms with Gasteiger partial charge in [-0.15, -0.1) is 0 Å². The van der Waals surface area contributed by atoms with Crippen LogP contribution < -0.4 is 10.1 Å². The van der Waals surface area contributed by atoms with Crippen molar-refractivity contribution >= 4 is 0 Å². The molecule has 2 unspecified atom stereocenters. The maximum absolute atomic E-state index is 5.51. The number of hydrogen-bond acceptors (Lipinski definition) is 2. The fourth-order valence-electron chi connectivity index (χ4n) is 2.90. The van der Waals surface area contributed by atoms with Crippen molar-refractivity contribution in [3.05, 3.63) is 29.8 Å². The van der Waals surface area contributed by atoms with Gasteiger partial charge in [0.05, 0.1) is 6.61 Å². The summed E-state index contributed by atoms with van der Waals surface area (Å²) in [5, 5.41) is 3.70. The Morgan fingerprint density at radius 3 is 2.44 bits per heavy atom. The molecule has 2 aliphatic rings. The third-order valence-corrected chi connectivity index (χ3v) is 4.48. The lowest BCUT2D eigenvalue weighted by Gasteiger charge is -2.18. The normalized spacial score (nSPS) is 30.2. The Morgan fingerprint density at radius 1 is 1.28 bits per heavy atom. The Morgan fingerprint density at radius 2 is 1.94 bits per heavy atom. The molecule has 0 saturated heterocycles. The average molecular weight is 245 g/mol. The van der Waals surface area contributed by atoms with E-state index in [-0.39, 0.29) is 0 Å². The van der Waals surface area contributed by atoms with E-state index in [0.29, 0.717) is 5.41 Å². The maximum Gasteiger partial charge on any atom is 0.119 e. The Labute approximate surface area is 110 Å². The van der Waals surface area contributed by atoms with E-state index in [0.717, 1.165) is 30.9 Å². The molecule has 2 aliphatic carbocycles. The van der Waals surface area contributed by atoms with Crippen molar-refractivity contribution in [3.63, 3.8) is 0 Å². The minimum Gasteiger partial charge on any atom is -0.494 e. The van der Waals surface area contributed by atoms with Gasteiger partial charge in [-0.1, -0.05) is 19.1 Å². The third kappa shape index (κ3) is 2.26. The first-order chi connectivity index (χ1) is 8.74. The molecule has 0 heterocycles. The van der Waals surface area contributed by atoms with Crippen LogP contribution in [-0.2, 0) is 5.41 Å². The van der Waals surface area contributed by atoms with Crippen molar-refractivity contribution in [3.8, 4) is 5.75 Å². The second-order valence-corrected chi connectivity index (χ2v) is 5.87. The van der Waals surface area contributed by atoms with Gasteiger partial charge in [0.1, 0.15) is 5.75 Å². The molecule has 2 saturated carbocycles. The molecule has 3 rings (SSSR count). The maximum atomic E-state index is 5.51. The van der Waals surface area contributed by atoms with E-state index in [1.807, 2.05) is 6.92 Å². The first-order valence-electron chi connectivity index (χ1n) is 7.21. The standard InChI is InChI=1S/C16H23NO/c1-3-18-15-8-4-13(5-9-15)16(10-12(16)2)11-17-14-6-7-14/h4-5,8-9,12,14,17H,3,6-7,10-11H2,1-2H3. The number of nitrogens with one attached hydrogen (secondary N) is 1. The Kier molecular flexibility index (Phi) is 3.06. The van der Waals surface area contributed by atoms with E-state index in [1.54, 1.807) is 0 Å². The van der Waals surface area contributed by atoms with E-state index in [2.05, 4.69) is 36.5 Å². The number of rotatable bonds is 6. The Bertz CT molecular complexity index is 410. The molecule has 2 nitrogen and oxygen atoms in total. The molecule has 2 fully saturated rings. The van der Waals surface area contributed by atoms with Gasteiger partial charge in [0.25, 0.3) is 0 Å². The lowest BCUT2D eigenvalue weighted by Crippen LogP contribution is -2.29. The van der Waals surface area contributed by atoms with E-state index in [9.17, 15) is 0 Å². The van der Waals surface area contributed by atoms with E-state index >= 15 is 0 Å². The highest BCUT2D eigenvalue weighted by atomic mass is 16.5. The highest BCUT2D eigenvalue weighted by Gasteiger charge is 2.52. The van der Waals surface area contributed by atoms with E-state index in [4.69, 9.17) is 4.74 Å². The first-order valence-corrected chi connectivity index (χ1v) is 7.21. The molecule has 98 valence electrons. The van der Waals surface area contributed by atoms with Crippen molar-refractivity contribution in [2.24, 2.45) is 5.92 Å². The van der Waals surface area contributed by atoms with E-state index in [1.165, 1.54) is 24.8 Å². The van der Waals surface area contributed by atoms with Crippen LogP contribution in [0.2, 0.25) is 0 Å². The van der Waals surface area contributed by atoms with Gasteiger partial charge in [-0.3, -0.25) is 0 Å². The summed E-state index contributed by atoms with van der Waals surface area (Å²) < 4.78 is 5.51. The quantitative estimate of drug-likeness (QED) is 0.831. The molecule has 0 spiro atoms. The predicted molar refractivity (Wildman–Crippen MR) is 74.1 cm³/mol. The van der Waals surface area contributed by atoms with Crippen LogP contribution >= 0.6 is 0 Å². The number of ether oxygens (including phenoxy) is 1. The summed E-state index contributed by atoms with van der Waals surface area (Å²) in [7, 11) is 0. The monoisotopic (exact) mass is 245 g/mol. The molecule has 0 radical (unpaired) electrons. The zero-order valence-electron chi connectivity index (χ0n) is 11.4. The highest BCUT2D eigenvalue weighted by Crippen LogP contribution is 2.54. The Hall–Kier alpha value is -1.02. The molecule has 0 amide bonds. The summed E-state index contributed by atoms with van der Waals surface area (Å²) >= 11 is 0. The number of hydrogen-bond donors (Lipinski definition) is 1. The van der Waals surface area contributed by atoms with Crippen LogP contribution in [0.15, 0.2) is 24.3 Å². The molecule has 2 atom stereocenters. The summed E-state index contributed by atoms with van der Waals surface area (Å²) in [5.41, 5.74) is 1.87. The fourth-order valence-corrected chi connectivity index (χ4v) is 2.90. The summed E-state index contributed by atoms with van der Waals surface area (Å²) in [4.78, 5) is 0. The van der Waals surface area contributed by atoms with Crippen molar-refractivity contribution in [1.29, 1.82) is 0 Å². The van der Waals surface area contributed by atoms with Gasteiger partial charge in [-0.2, -0.15) is 0 Å². The van der Waals surface area contributed by atoms with Crippen LogP contribution in [-0.4, -0.2) is 19.2 Å². The molecule has 1 aromatic rings. The minimum absolute atomic E-state index is 0.396. The van der Waals surface area contributed by atoms with Gasteiger partial charge in [0.2, 0.25) is 0 Å². The van der Waals surface area contributed by atoms with Crippen LogP contribution in [0, 0.1) is 5.92 Å². The molecule has 18 heavy (non-hydrogen) atoms. The van der Waals surface area contributed by atoms with Crippen molar-refractivity contribution in [2.45, 2.75) is 44.6 Å². The second-order valence-electron chi connectivity index (χ2n) is 5.87. The van der Waals surface area contributed by atoms with Crippen LogP contribution in [0.25, 0.3) is 0 Å². The second kappa shape index (κ2) is 4.58. The van der Waals surface area contributed by atoms with E-state index < -0.39 is 0 Å². The molecule has 0 bridgehead atoms. The lowest BCUT2D eigenvalue weighted by atomic mass is 9.93. The smallest absolute Gasteiger partial charge is 0.119 e. The third-order valence-electron chi connectivity index (χ3n) is 4.48. The summed E-state index contributed by atoms with van der Waals surface area (Å²) in [5.74, 6) is 1.79. The van der Waals surface area contributed by atoms with Crippen LogP contribution in [0.4, 0.5) is 0 Å². The van der Waals surface area contributed by atoms with Gasteiger partial charge in [-0.05, 0) is 49.8 Å². The molecular formula is C16H23NO. The molecule has 0 aliphatic heterocycles. The predicted octanol–water partition coefficient (Wildman–Crippen LogP) is 3.11. The topological polar surface area (TPSA) is 21.3 Å². The zero-order valence-corrected chi connectivity index (χ0v) is 11.4. The summed E-state index contributed by atoms with van der Waals surface area (Å²) in [6, 6.07) is 9.54. The van der Waals surface area contributed by atoms with Crippen LogP contribution in [0.3, 0.4) is 0 Å². The van der Waals surface area contributed by atoms with Gasteiger partial charge < -0.3 is 10.1 Å². The fraction of sp³-hybridized carbons (Fsp3) is 0.625. The van der Waals surface area contributed by atoms with Gasteiger partial charge >= 0.3 is 0 Å². The Balaban J connectivity index is 1.70. The molecule has 0 aromatic heterocycles. The molecule has 1 aromatic carbocycles. The largest absolute Gasteiger partial charge is 0.494 e. The SMILES string of the molecule is CCOc1ccc(C2(CNC3CC3)CC2C)cc1. The van der Waals surface area contributed by atoms with Gasteiger partial charge in [-0.25, -0.2) is 0 Å². The van der Waals surface area contributed by atoms with Gasteiger partial charge in [0.15, 0.2) is 0 Å². The summed E-state index contributed by atoms with van der Waals surface area (Å²) in [6.07, 6.45) is 4.06. The molecule has 2 heteroatoms. The highest BCUT2D eigenvalue weighted by molar-refractivity contribution is 5.38. The lowest BCUT2D eigenvalue weighted by molar-refractivity contribution is 0.340. The van der Waals surface area contributed by atoms with Crippen LogP contribution in [0.1, 0.15) is 38.7 Å². The first kappa shape index (κ1) is 12.0.